The average Bonchev–Trinajstić information content (AvgIpc) is 3.33. The highest BCUT2D eigenvalue weighted by molar-refractivity contribution is 6.99. The summed E-state index contributed by atoms with van der Waals surface area (Å²) in [6.45, 7) is 9.91. The molecule has 0 unspecified atom stereocenters. The fourth-order valence-electron chi connectivity index (χ4n) is 6.50. The van der Waals surface area contributed by atoms with Gasteiger partial charge in [0, 0.05) is 19.2 Å². The van der Waals surface area contributed by atoms with Gasteiger partial charge in [-0.2, -0.15) is 0 Å². The summed E-state index contributed by atoms with van der Waals surface area (Å²) in [7, 11) is -3.08. The number of ether oxygens (including phenoxy) is 3. The minimum absolute atomic E-state index is 0.0104. The topological polar surface area (TPSA) is 109 Å². The molecule has 0 bridgehead atoms. The monoisotopic (exact) mass is 654 g/mol. The van der Waals surface area contributed by atoms with Crippen LogP contribution in [0.1, 0.15) is 46.4 Å². The van der Waals surface area contributed by atoms with Crippen LogP contribution in [0.25, 0.3) is 0 Å². The molecule has 0 radical (unpaired) electrons. The fraction of sp³-hybridized carbons (Fsp3) is 0.324. The van der Waals surface area contributed by atoms with E-state index in [0.29, 0.717) is 0 Å². The van der Waals surface area contributed by atoms with Crippen molar-refractivity contribution in [2.75, 3.05) is 6.61 Å². The number of rotatable bonds is 11. The Balaban J connectivity index is 1.67. The second kappa shape index (κ2) is 14.2. The van der Waals surface area contributed by atoms with Crippen LogP contribution < -0.4 is 21.6 Å². The number of nitrogens with zero attached hydrogens (tertiary/aromatic N) is 1. The predicted molar refractivity (Wildman–Crippen MR) is 183 cm³/mol. The zero-order valence-corrected chi connectivity index (χ0v) is 28.4. The average molecular weight is 655 g/mol. The summed E-state index contributed by atoms with van der Waals surface area (Å²) in [4.78, 5) is 40.0. The van der Waals surface area contributed by atoms with Crippen LogP contribution >= 0.6 is 0 Å². The third kappa shape index (κ3) is 7.01. The number of aromatic amines is 1. The van der Waals surface area contributed by atoms with Gasteiger partial charge >= 0.3 is 11.7 Å². The zero-order valence-electron chi connectivity index (χ0n) is 27.4. The molecular weight excluding hydrogens is 613 g/mol. The summed E-state index contributed by atoms with van der Waals surface area (Å²) < 4.78 is 28.0. The van der Waals surface area contributed by atoms with E-state index in [1.807, 2.05) is 85.8 Å². The van der Waals surface area contributed by atoms with Crippen LogP contribution in [0, 0.1) is 0 Å². The Morgan fingerprint density at radius 1 is 0.936 bits per heavy atom. The first-order chi connectivity index (χ1) is 22.5. The van der Waals surface area contributed by atoms with Gasteiger partial charge in [-0.15, -0.1) is 0 Å². The molecule has 9 nitrogen and oxygen atoms in total. The number of nitrogens with one attached hydrogen (secondary N) is 1. The number of H-pyrrole nitrogens is 1. The van der Waals surface area contributed by atoms with Gasteiger partial charge in [0.2, 0.25) is 0 Å². The Kier molecular flexibility index (Phi) is 10.3. The first-order valence-electron chi connectivity index (χ1n) is 15.7. The highest BCUT2D eigenvalue weighted by atomic mass is 28.4. The second-order valence-electron chi connectivity index (χ2n) is 12.7. The molecule has 1 fully saturated rings. The lowest BCUT2D eigenvalue weighted by atomic mass is 9.95. The molecule has 0 amide bonds. The summed E-state index contributed by atoms with van der Waals surface area (Å²) in [6, 6.07) is 31.3. The molecule has 1 saturated heterocycles. The quantitative estimate of drug-likeness (QED) is 0.144. The molecule has 4 atom stereocenters. The number of hydrogen-bond acceptors (Lipinski definition) is 7. The predicted octanol–water partition coefficient (Wildman–Crippen LogP) is 4.47. The Hall–Kier alpha value is -4.35. The molecule has 1 aliphatic heterocycles. The van der Waals surface area contributed by atoms with Crippen molar-refractivity contribution in [1.29, 1.82) is 0 Å². The van der Waals surface area contributed by atoms with Gasteiger partial charge in [0.25, 0.3) is 13.9 Å². The lowest BCUT2D eigenvalue weighted by molar-refractivity contribution is -0.158. The van der Waals surface area contributed by atoms with Crippen molar-refractivity contribution >= 4 is 24.7 Å². The van der Waals surface area contributed by atoms with Crippen molar-refractivity contribution in [3.8, 4) is 0 Å². The van der Waals surface area contributed by atoms with E-state index < -0.39 is 49.6 Å². The Morgan fingerprint density at radius 2 is 1.51 bits per heavy atom. The van der Waals surface area contributed by atoms with E-state index in [1.165, 1.54) is 23.8 Å². The molecule has 10 heteroatoms. The third-order valence-electron chi connectivity index (χ3n) is 8.48. The molecular formula is C37H42N2O7Si. The molecule has 1 N–H and O–H groups in total. The Labute approximate surface area is 275 Å². The lowest BCUT2D eigenvalue weighted by Crippen LogP contribution is -2.68. The third-order valence-corrected chi connectivity index (χ3v) is 13.5. The molecule has 246 valence electrons. The number of carbonyl (C=O) groups excluding carboxylic acids is 1. The number of allylic oxidation sites excluding steroid dienone is 1. The Morgan fingerprint density at radius 3 is 2.02 bits per heavy atom. The van der Waals surface area contributed by atoms with Crippen LogP contribution in [0.5, 0.6) is 0 Å². The van der Waals surface area contributed by atoms with Crippen molar-refractivity contribution in [1.82, 2.24) is 9.55 Å². The van der Waals surface area contributed by atoms with E-state index in [-0.39, 0.29) is 18.3 Å². The van der Waals surface area contributed by atoms with Gasteiger partial charge in [0.1, 0.15) is 11.7 Å². The van der Waals surface area contributed by atoms with Crippen LogP contribution in [0.3, 0.4) is 0 Å². The molecule has 3 aromatic carbocycles. The normalized spacial score (nSPS) is 21.6. The molecule has 2 heterocycles. The molecule has 1 aliphatic rings. The summed E-state index contributed by atoms with van der Waals surface area (Å²) in [6.07, 6.45) is 1.92. The molecule has 47 heavy (non-hydrogen) atoms. The molecule has 1 aromatic heterocycles. The van der Waals surface area contributed by atoms with Gasteiger partial charge in [-0.3, -0.25) is 19.1 Å². The number of hydrogen-bond donors (Lipinski definition) is 1. The van der Waals surface area contributed by atoms with Crippen LogP contribution in [-0.2, 0) is 30.0 Å². The van der Waals surface area contributed by atoms with Crippen molar-refractivity contribution in [3.63, 3.8) is 0 Å². The fourth-order valence-corrected chi connectivity index (χ4v) is 11.1. The van der Waals surface area contributed by atoms with Crippen LogP contribution in [0.2, 0.25) is 5.04 Å². The van der Waals surface area contributed by atoms with Crippen molar-refractivity contribution < 1.29 is 23.4 Å². The minimum atomic E-state index is -3.08. The van der Waals surface area contributed by atoms with E-state index in [0.717, 1.165) is 15.9 Å². The van der Waals surface area contributed by atoms with E-state index in [9.17, 15) is 14.4 Å². The number of carbonyl (C=O) groups is 1. The van der Waals surface area contributed by atoms with Crippen molar-refractivity contribution in [2.24, 2.45) is 0 Å². The molecule has 0 saturated carbocycles. The highest BCUT2D eigenvalue weighted by Crippen LogP contribution is 2.44. The molecule has 0 spiro atoms. The summed E-state index contributed by atoms with van der Waals surface area (Å²) in [5.74, 6) is -0.571. The van der Waals surface area contributed by atoms with Crippen molar-refractivity contribution in [2.45, 2.75) is 70.3 Å². The van der Waals surface area contributed by atoms with E-state index in [1.54, 1.807) is 0 Å². The summed E-state index contributed by atoms with van der Waals surface area (Å²) >= 11 is 0. The second-order valence-corrected chi connectivity index (χ2v) is 17.0. The maximum atomic E-state index is 13.1. The number of esters is 1. The van der Waals surface area contributed by atoms with Gasteiger partial charge < -0.3 is 18.6 Å². The largest absolute Gasteiger partial charge is 0.455 e. The van der Waals surface area contributed by atoms with Crippen LogP contribution in [0.15, 0.2) is 125 Å². The van der Waals surface area contributed by atoms with Crippen LogP contribution in [-0.4, -0.2) is 48.3 Å². The summed E-state index contributed by atoms with van der Waals surface area (Å²) in [5.41, 5.74) is -1.68. The standard InChI is InChI=1S/C37H42N2O7Si/c1-6-23-37(26-44-47(36(3,4)5,29-18-12-8-13-19-29)30-20-14-9-15-21-30)33(43-25-28-16-10-7-11-17-28)32(45-27(2)40)34(46-37)39-24-22-31(41)38-35(39)42/h6-24,32-34H,25-26H2,1-5H3,(H,38,41,42)/b23-6-/t32-,33+,34-,37-/m1/s1. The minimum Gasteiger partial charge on any atom is -0.455 e. The van der Waals surface area contributed by atoms with Gasteiger partial charge in [-0.05, 0) is 27.9 Å². The van der Waals surface area contributed by atoms with Gasteiger partial charge in [-0.1, -0.05) is 124 Å². The van der Waals surface area contributed by atoms with Gasteiger partial charge in [0.05, 0.1) is 13.2 Å². The number of aromatic nitrogens is 2. The molecule has 4 aromatic rings. The Bertz CT molecular complexity index is 1750. The van der Waals surface area contributed by atoms with E-state index in [4.69, 9.17) is 18.6 Å². The number of benzene rings is 3. The first kappa shape index (κ1) is 34.0. The maximum absolute atomic E-state index is 13.1. The smallest absolute Gasteiger partial charge is 0.330 e. The molecule has 0 aliphatic carbocycles. The van der Waals surface area contributed by atoms with E-state index >= 15 is 0 Å². The van der Waals surface area contributed by atoms with Gasteiger partial charge in [-0.25, -0.2) is 4.79 Å². The first-order valence-corrected chi connectivity index (χ1v) is 17.6. The summed E-state index contributed by atoms with van der Waals surface area (Å²) in [5, 5.41) is 1.83. The zero-order chi connectivity index (χ0) is 33.7. The lowest BCUT2D eigenvalue weighted by Gasteiger charge is -2.45. The van der Waals surface area contributed by atoms with Crippen LogP contribution in [0.4, 0.5) is 0 Å². The van der Waals surface area contributed by atoms with Crippen molar-refractivity contribution in [3.05, 3.63) is 142 Å². The van der Waals surface area contributed by atoms with Gasteiger partial charge in [0.15, 0.2) is 12.3 Å². The highest BCUT2D eigenvalue weighted by Gasteiger charge is 2.60. The maximum Gasteiger partial charge on any atom is 0.330 e. The molecule has 5 rings (SSSR count). The van der Waals surface area contributed by atoms with E-state index in [2.05, 4.69) is 50.0 Å². The SMILES string of the molecule is C/C=C\[C@]1(CO[Si](c2ccccc2)(c2ccccc2)C(C)(C)C)O[C@@H](n2ccc(=O)[nH]c2=O)[C@H](OC(C)=O)[C@@H]1OCc1ccccc1.